The lowest BCUT2D eigenvalue weighted by Crippen LogP contribution is -2.49. The summed E-state index contributed by atoms with van der Waals surface area (Å²) < 4.78 is 5.23. The van der Waals surface area contributed by atoms with Gasteiger partial charge in [0.05, 0.1) is 12.7 Å². The highest BCUT2D eigenvalue weighted by Crippen LogP contribution is 2.19. The lowest BCUT2D eigenvalue weighted by Gasteiger charge is -2.21. The van der Waals surface area contributed by atoms with Crippen LogP contribution < -0.4 is 15.4 Å². The molecule has 2 N–H and O–H groups in total. The van der Waals surface area contributed by atoms with Gasteiger partial charge in [0.15, 0.2) is 0 Å². The van der Waals surface area contributed by atoms with Crippen molar-refractivity contribution in [3.05, 3.63) is 29.8 Å². The first kappa shape index (κ1) is 18.6. The van der Waals surface area contributed by atoms with Crippen LogP contribution in [-0.4, -0.2) is 43.0 Å². The highest BCUT2D eigenvalue weighted by atomic mass is 32.2. The molecule has 6 heteroatoms. The van der Waals surface area contributed by atoms with E-state index in [2.05, 4.69) is 10.6 Å². The van der Waals surface area contributed by atoms with Crippen LogP contribution in [0.2, 0.25) is 0 Å². The fraction of sp³-hybridized carbons (Fsp3) is 0.556. The number of methoxy groups -OCH3 is 1. The molecule has 2 rings (SSSR count). The minimum atomic E-state index is -0.518. The molecule has 0 aliphatic heterocycles. The maximum absolute atomic E-state index is 12.6. The third kappa shape index (κ3) is 5.16. The van der Waals surface area contributed by atoms with Crippen LogP contribution in [-0.2, 0) is 4.79 Å². The van der Waals surface area contributed by atoms with E-state index in [1.165, 1.54) is 7.11 Å². The standard InChI is InChI=1S/C18H26N2O3S/c1-23-16-10-6-5-9-14(16)17(21)20-15(11-12-24-2)18(22)19-13-7-3-4-8-13/h5-6,9-10,13,15H,3-4,7-8,11-12H2,1-2H3,(H,19,22)(H,20,21)/t15-/m0/s1. The normalized spacial score (nSPS) is 15.8. The number of ether oxygens (including phenoxy) is 1. The van der Waals surface area contributed by atoms with Crippen molar-refractivity contribution in [1.82, 2.24) is 10.6 Å². The molecule has 0 saturated heterocycles. The molecule has 1 aliphatic rings. The summed E-state index contributed by atoms with van der Waals surface area (Å²) in [6, 6.07) is 6.77. The third-order valence-corrected chi connectivity index (χ3v) is 4.93. The van der Waals surface area contributed by atoms with Gasteiger partial charge in [-0.15, -0.1) is 0 Å². The summed E-state index contributed by atoms with van der Waals surface area (Å²) in [5.41, 5.74) is 0.447. The predicted octanol–water partition coefficient (Wildman–Crippen LogP) is 2.61. The molecule has 5 nitrogen and oxygen atoms in total. The van der Waals surface area contributed by atoms with Crippen molar-refractivity contribution in [1.29, 1.82) is 0 Å². The molecule has 24 heavy (non-hydrogen) atoms. The zero-order chi connectivity index (χ0) is 17.4. The van der Waals surface area contributed by atoms with E-state index >= 15 is 0 Å². The fourth-order valence-electron chi connectivity index (χ4n) is 2.94. The van der Waals surface area contributed by atoms with E-state index in [1.807, 2.05) is 12.3 Å². The zero-order valence-corrected chi connectivity index (χ0v) is 15.2. The molecule has 0 heterocycles. The van der Waals surface area contributed by atoms with E-state index in [4.69, 9.17) is 4.74 Å². The summed E-state index contributed by atoms with van der Waals surface area (Å²) in [4.78, 5) is 25.1. The van der Waals surface area contributed by atoms with Crippen LogP contribution in [0.1, 0.15) is 42.5 Å². The molecule has 1 aromatic rings. The van der Waals surface area contributed by atoms with Crippen molar-refractivity contribution < 1.29 is 14.3 Å². The van der Waals surface area contributed by atoms with Gasteiger partial charge in [-0.25, -0.2) is 0 Å². The molecule has 2 amide bonds. The van der Waals surface area contributed by atoms with E-state index < -0.39 is 6.04 Å². The van der Waals surface area contributed by atoms with Crippen molar-refractivity contribution in [2.24, 2.45) is 0 Å². The lowest BCUT2D eigenvalue weighted by atomic mass is 10.1. The Morgan fingerprint density at radius 3 is 2.67 bits per heavy atom. The number of nitrogens with one attached hydrogen (secondary N) is 2. The lowest BCUT2D eigenvalue weighted by molar-refractivity contribution is -0.123. The highest BCUT2D eigenvalue weighted by Gasteiger charge is 2.25. The summed E-state index contributed by atoms with van der Waals surface area (Å²) in [5, 5.41) is 5.95. The van der Waals surface area contributed by atoms with Crippen molar-refractivity contribution in [2.45, 2.75) is 44.2 Å². The Bertz CT molecular complexity index is 559. The average molecular weight is 350 g/mol. The van der Waals surface area contributed by atoms with Gasteiger partial charge in [-0.3, -0.25) is 9.59 Å². The Morgan fingerprint density at radius 2 is 2.00 bits per heavy atom. The number of hydrogen-bond acceptors (Lipinski definition) is 4. The Hall–Kier alpha value is -1.69. The molecule has 0 radical (unpaired) electrons. The molecule has 132 valence electrons. The Balaban J connectivity index is 2.03. The van der Waals surface area contributed by atoms with E-state index in [9.17, 15) is 9.59 Å². The topological polar surface area (TPSA) is 67.4 Å². The molecule has 0 unspecified atom stereocenters. The van der Waals surface area contributed by atoms with Crippen LogP contribution >= 0.6 is 11.8 Å². The molecule has 1 aliphatic carbocycles. The first-order chi connectivity index (χ1) is 11.7. The van der Waals surface area contributed by atoms with Crippen LogP contribution in [0.3, 0.4) is 0 Å². The SMILES string of the molecule is COc1ccccc1C(=O)N[C@@H](CCSC)C(=O)NC1CCCC1. The number of carbonyl (C=O) groups excluding carboxylic acids is 2. The smallest absolute Gasteiger partial charge is 0.255 e. The van der Waals surface area contributed by atoms with Gasteiger partial charge >= 0.3 is 0 Å². The third-order valence-electron chi connectivity index (χ3n) is 4.29. The molecule has 0 spiro atoms. The Morgan fingerprint density at radius 1 is 1.29 bits per heavy atom. The number of rotatable bonds is 8. The highest BCUT2D eigenvalue weighted by molar-refractivity contribution is 7.98. The van der Waals surface area contributed by atoms with Crippen molar-refractivity contribution in [3.63, 3.8) is 0 Å². The monoisotopic (exact) mass is 350 g/mol. The second-order valence-electron chi connectivity index (χ2n) is 6.00. The van der Waals surface area contributed by atoms with Gasteiger partial charge in [0.1, 0.15) is 11.8 Å². The second-order valence-corrected chi connectivity index (χ2v) is 6.98. The molecule has 1 aromatic carbocycles. The van der Waals surface area contributed by atoms with Gasteiger partial charge in [-0.05, 0) is 43.4 Å². The van der Waals surface area contributed by atoms with Gasteiger partial charge in [-0.1, -0.05) is 25.0 Å². The molecule has 1 atom stereocenters. The van der Waals surface area contributed by atoms with E-state index in [0.29, 0.717) is 17.7 Å². The van der Waals surface area contributed by atoms with Crippen LogP contribution in [0.15, 0.2) is 24.3 Å². The van der Waals surface area contributed by atoms with E-state index in [-0.39, 0.29) is 17.9 Å². The number of benzene rings is 1. The van der Waals surface area contributed by atoms with Gasteiger partial charge in [0.2, 0.25) is 5.91 Å². The minimum Gasteiger partial charge on any atom is -0.496 e. The number of thioether (sulfide) groups is 1. The largest absolute Gasteiger partial charge is 0.496 e. The number of hydrogen-bond donors (Lipinski definition) is 2. The summed E-state index contributed by atoms with van der Waals surface area (Å²) in [5.74, 6) is 0.962. The molecule has 0 aromatic heterocycles. The second kappa shape index (κ2) is 9.57. The summed E-state index contributed by atoms with van der Waals surface area (Å²) >= 11 is 1.66. The molecular formula is C18H26N2O3S. The van der Waals surface area contributed by atoms with Gasteiger partial charge in [-0.2, -0.15) is 11.8 Å². The van der Waals surface area contributed by atoms with Crippen LogP contribution in [0.5, 0.6) is 5.75 Å². The number of carbonyl (C=O) groups is 2. The van der Waals surface area contributed by atoms with Crippen LogP contribution in [0.25, 0.3) is 0 Å². The average Bonchev–Trinajstić information content (AvgIpc) is 3.11. The first-order valence-corrected chi connectivity index (χ1v) is 9.78. The molecule has 1 fully saturated rings. The quantitative estimate of drug-likeness (QED) is 0.756. The van der Waals surface area contributed by atoms with Gasteiger partial charge < -0.3 is 15.4 Å². The zero-order valence-electron chi connectivity index (χ0n) is 14.3. The summed E-state index contributed by atoms with van der Waals surface area (Å²) in [6.45, 7) is 0. The predicted molar refractivity (Wildman–Crippen MR) is 97.6 cm³/mol. The number of para-hydroxylation sites is 1. The van der Waals surface area contributed by atoms with Crippen molar-refractivity contribution in [3.8, 4) is 5.75 Å². The van der Waals surface area contributed by atoms with Crippen molar-refractivity contribution >= 4 is 23.6 Å². The molecule has 1 saturated carbocycles. The van der Waals surface area contributed by atoms with Gasteiger partial charge in [0.25, 0.3) is 5.91 Å². The first-order valence-electron chi connectivity index (χ1n) is 8.39. The molecule has 0 bridgehead atoms. The van der Waals surface area contributed by atoms with E-state index in [1.54, 1.807) is 30.0 Å². The Labute approximate surface area is 147 Å². The molecular weight excluding hydrogens is 324 g/mol. The van der Waals surface area contributed by atoms with E-state index in [0.717, 1.165) is 31.4 Å². The minimum absolute atomic E-state index is 0.0841. The maximum atomic E-state index is 12.6. The Kier molecular flexibility index (Phi) is 7.43. The number of amides is 2. The summed E-state index contributed by atoms with van der Waals surface area (Å²) in [7, 11) is 1.53. The summed E-state index contributed by atoms with van der Waals surface area (Å²) in [6.07, 6.45) is 6.99. The maximum Gasteiger partial charge on any atom is 0.255 e. The fourth-order valence-corrected chi connectivity index (χ4v) is 3.42. The van der Waals surface area contributed by atoms with Crippen LogP contribution in [0, 0.1) is 0 Å². The van der Waals surface area contributed by atoms with Crippen LogP contribution in [0.4, 0.5) is 0 Å². The van der Waals surface area contributed by atoms with Crippen molar-refractivity contribution in [2.75, 3.05) is 19.1 Å². The van der Waals surface area contributed by atoms with Gasteiger partial charge in [0, 0.05) is 6.04 Å².